The molecule has 1 aliphatic rings. The fraction of sp³-hybridized carbons (Fsp3) is 0.0250. The minimum Gasteiger partial charge on any atom is -0.277 e. The van der Waals surface area contributed by atoms with E-state index in [1.54, 1.807) is 0 Å². The molecule has 0 aliphatic heterocycles. The Kier molecular flexibility index (Phi) is 5.53. The number of benzene rings is 6. The highest BCUT2D eigenvalue weighted by atomic mass is 15.2. The smallest absolute Gasteiger partial charge is 0.238 e. The molecule has 1 aliphatic carbocycles. The van der Waals surface area contributed by atoms with Crippen molar-refractivity contribution in [3.05, 3.63) is 168 Å². The van der Waals surface area contributed by atoms with E-state index in [0.717, 1.165) is 22.2 Å². The summed E-state index contributed by atoms with van der Waals surface area (Å²) < 4.78 is 2.26. The largest absolute Gasteiger partial charge is 0.277 e. The molecular weight excluding hydrogens is 536 g/mol. The molecule has 4 nitrogen and oxygen atoms in total. The Bertz CT molecular complexity index is 2270. The Balaban J connectivity index is 1.41. The van der Waals surface area contributed by atoms with Crippen molar-refractivity contribution in [2.75, 3.05) is 0 Å². The lowest BCUT2D eigenvalue weighted by atomic mass is 9.89. The van der Waals surface area contributed by atoms with Gasteiger partial charge in [0.2, 0.25) is 5.95 Å². The molecule has 8 aromatic rings. The molecule has 0 fully saturated rings. The Labute approximate surface area is 255 Å². The van der Waals surface area contributed by atoms with Gasteiger partial charge in [0.1, 0.15) is 0 Å². The van der Waals surface area contributed by atoms with Gasteiger partial charge in [0, 0.05) is 33.4 Å². The van der Waals surface area contributed by atoms with E-state index in [4.69, 9.17) is 15.0 Å². The average Bonchev–Trinajstić information content (AvgIpc) is 3.62. The molecule has 0 bridgehead atoms. The summed E-state index contributed by atoms with van der Waals surface area (Å²) in [5.74, 6) is 2.06. The van der Waals surface area contributed by atoms with Crippen LogP contribution in [0.2, 0.25) is 0 Å². The molecule has 0 amide bonds. The molecule has 2 heterocycles. The normalized spacial score (nSPS) is 13.7. The van der Waals surface area contributed by atoms with Gasteiger partial charge in [-0.3, -0.25) is 4.57 Å². The summed E-state index contributed by atoms with van der Waals surface area (Å²) in [5.41, 5.74) is 10.5. The Hall–Kier alpha value is -5.87. The van der Waals surface area contributed by atoms with Gasteiger partial charge >= 0.3 is 0 Å². The molecule has 0 radical (unpaired) electrons. The molecule has 1 unspecified atom stereocenters. The van der Waals surface area contributed by atoms with Crippen LogP contribution < -0.4 is 0 Å². The molecule has 206 valence electrons. The van der Waals surface area contributed by atoms with Crippen molar-refractivity contribution in [1.82, 2.24) is 19.5 Å². The second kappa shape index (κ2) is 9.85. The van der Waals surface area contributed by atoms with Gasteiger partial charge in [0.15, 0.2) is 11.6 Å². The Morgan fingerprint density at radius 3 is 1.75 bits per heavy atom. The molecule has 2 aromatic heterocycles. The van der Waals surface area contributed by atoms with Crippen LogP contribution in [-0.4, -0.2) is 19.5 Å². The zero-order chi connectivity index (χ0) is 29.0. The molecule has 0 N–H and O–H groups in total. The van der Waals surface area contributed by atoms with Gasteiger partial charge < -0.3 is 0 Å². The molecule has 9 rings (SSSR count). The van der Waals surface area contributed by atoms with Gasteiger partial charge in [0.25, 0.3) is 0 Å². The first-order chi connectivity index (χ1) is 21.8. The first-order valence-corrected chi connectivity index (χ1v) is 14.9. The monoisotopic (exact) mass is 562 g/mol. The fourth-order valence-electron chi connectivity index (χ4n) is 6.85. The van der Waals surface area contributed by atoms with Gasteiger partial charge in [-0.25, -0.2) is 4.98 Å². The van der Waals surface area contributed by atoms with Gasteiger partial charge in [0.05, 0.1) is 11.0 Å². The molecular formula is C40H26N4. The number of fused-ring (bicyclic) bond motifs is 7. The van der Waals surface area contributed by atoms with Crippen LogP contribution in [0.25, 0.3) is 61.7 Å². The summed E-state index contributed by atoms with van der Waals surface area (Å²) in [4.78, 5) is 15.3. The first kappa shape index (κ1) is 24.7. The van der Waals surface area contributed by atoms with E-state index >= 15 is 0 Å². The van der Waals surface area contributed by atoms with E-state index < -0.39 is 0 Å². The third-order valence-corrected chi connectivity index (χ3v) is 8.74. The minimum absolute atomic E-state index is 0.149. The van der Waals surface area contributed by atoms with E-state index in [0.29, 0.717) is 17.6 Å². The van der Waals surface area contributed by atoms with Crippen LogP contribution in [0.15, 0.2) is 152 Å². The number of para-hydroxylation sites is 1. The molecule has 44 heavy (non-hydrogen) atoms. The maximum atomic E-state index is 5.17. The maximum Gasteiger partial charge on any atom is 0.238 e. The van der Waals surface area contributed by atoms with Crippen molar-refractivity contribution in [2.45, 2.75) is 5.92 Å². The van der Waals surface area contributed by atoms with Crippen LogP contribution in [0, 0.1) is 0 Å². The Morgan fingerprint density at radius 1 is 0.455 bits per heavy atom. The molecule has 4 heteroatoms. The highest BCUT2D eigenvalue weighted by Crippen LogP contribution is 2.52. The molecule has 0 saturated heterocycles. The van der Waals surface area contributed by atoms with Crippen molar-refractivity contribution >= 4 is 21.8 Å². The van der Waals surface area contributed by atoms with Crippen molar-refractivity contribution in [3.8, 4) is 39.9 Å². The van der Waals surface area contributed by atoms with E-state index in [2.05, 4.69) is 120 Å². The molecule has 0 saturated carbocycles. The lowest BCUT2D eigenvalue weighted by Crippen LogP contribution is -2.07. The Morgan fingerprint density at radius 2 is 1.05 bits per heavy atom. The number of hydrogen-bond acceptors (Lipinski definition) is 3. The van der Waals surface area contributed by atoms with Crippen LogP contribution in [-0.2, 0) is 0 Å². The van der Waals surface area contributed by atoms with E-state index in [1.165, 1.54) is 38.6 Å². The maximum absolute atomic E-state index is 5.17. The lowest BCUT2D eigenvalue weighted by molar-refractivity contribution is 0.953. The van der Waals surface area contributed by atoms with Crippen LogP contribution in [0.4, 0.5) is 0 Å². The van der Waals surface area contributed by atoms with Crippen LogP contribution in [0.5, 0.6) is 0 Å². The second-order valence-corrected chi connectivity index (χ2v) is 11.2. The highest BCUT2D eigenvalue weighted by Gasteiger charge is 2.33. The number of hydrogen-bond donors (Lipinski definition) is 0. The highest BCUT2D eigenvalue weighted by molar-refractivity contribution is 6.15. The van der Waals surface area contributed by atoms with Crippen molar-refractivity contribution < 1.29 is 0 Å². The molecule has 0 spiro atoms. The molecule has 1 atom stereocenters. The second-order valence-electron chi connectivity index (χ2n) is 11.2. The summed E-state index contributed by atoms with van der Waals surface area (Å²) in [5, 5.41) is 2.36. The summed E-state index contributed by atoms with van der Waals surface area (Å²) in [6, 6.07) is 53.2. The number of nitrogens with zero attached hydrogens (tertiary/aromatic N) is 4. The molecule has 6 aromatic carbocycles. The SMILES string of the molecule is c1ccc(-c2nc(-c3ccccc3)nc(-n3c4ccccc4c4ccc5c(c43)-c3ccccc3C5c3ccccc3)n2)cc1. The van der Waals surface area contributed by atoms with Gasteiger partial charge in [-0.2, -0.15) is 9.97 Å². The van der Waals surface area contributed by atoms with Crippen LogP contribution >= 0.6 is 0 Å². The van der Waals surface area contributed by atoms with E-state index in [-0.39, 0.29) is 5.92 Å². The van der Waals surface area contributed by atoms with Crippen molar-refractivity contribution in [1.29, 1.82) is 0 Å². The number of rotatable bonds is 4. The van der Waals surface area contributed by atoms with Crippen molar-refractivity contribution in [3.63, 3.8) is 0 Å². The third kappa shape index (κ3) is 3.74. The van der Waals surface area contributed by atoms with Gasteiger partial charge in [-0.05, 0) is 28.3 Å². The van der Waals surface area contributed by atoms with E-state index in [9.17, 15) is 0 Å². The summed E-state index contributed by atoms with van der Waals surface area (Å²) >= 11 is 0. The average molecular weight is 563 g/mol. The number of aromatic nitrogens is 4. The zero-order valence-electron chi connectivity index (χ0n) is 23.8. The first-order valence-electron chi connectivity index (χ1n) is 14.9. The standard InChI is InChI=1S/C40H26N4/c1-4-14-26(15-5-1)35-30-21-10-11-22-31(30)36-33(35)25-24-32-29-20-12-13-23-34(29)44(37(32)36)40-42-38(27-16-6-2-7-17-27)41-39(43-40)28-18-8-3-9-19-28/h1-25,35H. The summed E-state index contributed by atoms with van der Waals surface area (Å²) in [7, 11) is 0. The van der Waals surface area contributed by atoms with Crippen molar-refractivity contribution in [2.24, 2.45) is 0 Å². The van der Waals surface area contributed by atoms with Gasteiger partial charge in [-0.15, -0.1) is 0 Å². The quantitative estimate of drug-likeness (QED) is 0.215. The predicted molar refractivity (Wildman–Crippen MR) is 178 cm³/mol. The van der Waals surface area contributed by atoms with Crippen LogP contribution in [0.1, 0.15) is 22.6 Å². The summed E-state index contributed by atoms with van der Waals surface area (Å²) in [6.07, 6.45) is 0. The fourth-order valence-corrected chi connectivity index (χ4v) is 6.85. The minimum atomic E-state index is 0.149. The van der Waals surface area contributed by atoms with Crippen LogP contribution in [0.3, 0.4) is 0 Å². The lowest BCUT2D eigenvalue weighted by Gasteiger charge is -2.15. The van der Waals surface area contributed by atoms with E-state index in [1.807, 2.05) is 36.4 Å². The topological polar surface area (TPSA) is 43.6 Å². The zero-order valence-corrected chi connectivity index (χ0v) is 23.8. The predicted octanol–water partition coefficient (Wildman–Crippen LogP) is 9.46. The van der Waals surface area contributed by atoms with Gasteiger partial charge in [-0.1, -0.05) is 146 Å². The summed E-state index contributed by atoms with van der Waals surface area (Å²) in [6.45, 7) is 0. The third-order valence-electron chi connectivity index (χ3n) is 8.74.